The summed E-state index contributed by atoms with van der Waals surface area (Å²) < 4.78 is 5.86. The molecule has 0 aliphatic carbocycles. The highest BCUT2D eigenvalue weighted by atomic mass is 16.5. The zero-order valence-corrected chi connectivity index (χ0v) is 17.3. The number of aliphatic imine (C=N–C) groups is 1. The normalized spacial score (nSPS) is 12.3. The van der Waals surface area contributed by atoms with Crippen molar-refractivity contribution in [3.8, 4) is 5.75 Å². The molecule has 0 aromatic heterocycles. The van der Waals surface area contributed by atoms with Crippen molar-refractivity contribution in [3.05, 3.63) is 114 Å². The summed E-state index contributed by atoms with van der Waals surface area (Å²) >= 11 is 0. The van der Waals surface area contributed by atoms with Gasteiger partial charge in [-0.3, -0.25) is 4.99 Å². The van der Waals surface area contributed by atoms with Crippen molar-refractivity contribution < 1.29 is 4.74 Å². The van der Waals surface area contributed by atoms with E-state index in [1.807, 2.05) is 36.4 Å². The Kier molecular flexibility index (Phi) is 7.40. The van der Waals surface area contributed by atoms with E-state index in [9.17, 15) is 0 Å². The Labute approximate surface area is 174 Å². The Balaban J connectivity index is 0.000000224. The zero-order valence-electron chi connectivity index (χ0n) is 17.3. The first-order valence-electron chi connectivity index (χ1n) is 10.2. The molecule has 0 atom stereocenters. The standard InChI is InChI=1S/C18H17NO.C9H12/c1-2-18-17-9-8-16(12-15(17)10-11-19-18)20-13-14-6-4-3-5-7-14;1-8(2)9-6-4-3-5-7-9/h2-9,12H,1,10-11,13H2;3-8H,1-2H3. The number of hydrogen-bond donors (Lipinski definition) is 0. The third-order valence-corrected chi connectivity index (χ3v) is 4.92. The van der Waals surface area contributed by atoms with Crippen molar-refractivity contribution in [3.63, 3.8) is 0 Å². The highest BCUT2D eigenvalue weighted by molar-refractivity contribution is 6.10. The van der Waals surface area contributed by atoms with Crippen molar-refractivity contribution in [2.75, 3.05) is 6.54 Å². The Bertz CT molecular complexity index is 943. The number of allylic oxidation sites excluding steroid dienone is 1. The third-order valence-electron chi connectivity index (χ3n) is 4.92. The lowest BCUT2D eigenvalue weighted by Gasteiger charge is -2.16. The minimum atomic E-state index is 0.599. The van der Waals surface area contributed by atoms with Gasteiger partial charge in [0.2, 0.25) is 0 Å². The van der Waals surface area contributed by atoms with E-state index in [1.165, 1.54) is 22.3 Å². The molecule has 3 aromatic carbocycles. The molecule has 0 amide bonds. The van der Waals surface area contributed by atoms with Crippen molar-refractivity contribution >= 4 is 5.71 Å². The highest BCUT2D eigenvalue weighted by Crippen LogP contribution is 2.23. The maximum Gasteiger partial charge on any atom is 0.120 e. The summed E-state index contributed by atoms with van der Waals surface area (Å²) in [5, 5.41) is 0. The van der Waals surface area contributed by atoms with E-state index in [2.05, 4.69) is 73.9 Å². The molecule has 0 bridgehead atoms. The first-order valence-corrected chi connectivity index (χ1v) is 10.2. The molecule has 1 heterocycles. The largest absolute Gasteiger partial charge is 0.489 e. The second-order valence-corrected chi connectivity index (χ2v) is 7.38. The summed E-state index contributed by atoms with van der Waals surface area (Å²) in [6, 6.07) is 26.9. The fraction of sp³-hybridized carbons (Fsp3) is 0.222. The van der Waals surface area contributed by atoms with E-state index in [1.54, 1.807) is 0 Å². The average molecular weight is 384 g/mol. The van der Waals surface area contributed by atoms with Crippen molar-refractivity contribution in [1.82, 2.24) is 0 Å². The van der Waals surface area contributed by atoms with Gasteiger partial charge < -0.3 is 4.74 Å². The van der Waals surface area contributed by atoms with E-state index in [0.29, 0.717) is 12.5 Å². The Hall–Kier alpha value is -3.13. The summed E-state index contributed by atoms with van der Waals surface area (Å²) in [5.74, 6) is 1.57. The number of rotatable bonds is 5. The molecule has 3 aromatic rings. The van der Waals surface area contributed by atoms with E-state index in [0.717, 1.165) is 24.4 Å². The third kappa shape index (κ3) is 5.92. The van der Waals surface area contributed by atoms with Crippen LogP contribution < -0.4 is 4.74 Å². The number of ether oxygens (including phenoxy) is 1. The van der Waals surface area contributed by atoms with Gasteiger partial charge in [0.15, 0.2) is 0 Å². The quantitative estimate of drug-likeness (QED) is 0.486. The molecule has 0 radical (unpaired) electrons. The van der Waals surface area contributed by atoms with Crippen LogP contribution >= 0.6 is 0 Å². The molecule has 0 saturated heterocycles. The smallest absolute Gasteiger partial charge is 0.120 e. The molecule has 1 aliphatic heterocycles. The number of nitrogens with zero attached hydrogens (tertiary/aromatic N) is 1. The molecule has 0 saturated carbocycles. The lowest BCUT2D eigenvalue weighted by molar-refractivity contribution is 0.306. The van der Waals surface area contributed by atoms with Gasteiger partial charge in [-0.05, 0) is 53.3 Å². The van der Waals surface area contributed by atoms with Crippen LogP contribution in [0.5, 0.6) is 5.75 Å². The molecule has 0 fully saturated rings. The van der Waals surface area contributed by atoms with Crippen molar-refractivity contribution in [2.24, 2.45) is 4.99 Å². The molecule has 0 unspecified atom stereocenters. The minimum Gasteiger partial charge on any atom is -0.489 e. The molecule has 4 rings (SSSR count). The van der Waals surface area contributed by atoms with Gasteiger partial charge >= 0.3 is 0 Å². The minimum absolute atomic E-state index is 0.599. The molecule has 148 valence electrons. The SMILES string of the molecule is C=CC1=NCCc2cc(OCc3ccccc3)ccc21.CC(C)c1ccccc1. The molecule has 0 N–H and O–H groups in total. The van der Waals surface area contributed by atoms with Gasteiger partial charge in [0, 0.05) is 12.1 Å². The van der Waals surface area contributed by atoms with Gasteiger partial charge in [-0.2, -0.15) is 0 Å². The maximum atomic E-state index is 5.86. The van der Waals surface area contributed by atoms with Crippen LogP contribution in [0.4, 0.5) is 0 Å². The van der Waals surface area contributed by atoms with Gasteiger partial charge in [0.25, 0.3) is 0 Å². The highest BCUT2D eigenvalue weighted by Gasteiger charge is 2.12. The van der Waals surface area contributed by atoms with Crippen LogP contribution in [0, 0.1) is 0 Å². The lowest BCUT2D eigenvalue weighted by Crippen LogP contribution is -2.10. The van der Waals surface area contributed by atoms with Crippen LogP contribution in [0.3, 0.4) is 0 Å². The molecule has 2 heteroatoms. The summed E-state index contributed by atoms with van der Waals surface area (Å²) in [7, 11) is 0. The fourth-order valence-corrected chi connectivity index (χ4v) is 3.25. The summed E-state index contributed by atoms with van der Waals surface area (Å²) in [5.41, 5.74) is 6.05. The summed E-state index contributed by atoms with van der Waals surface area (Å²) in [6.07, 6.45) is 2.79. The lowest BCUT2D eigenvalue weighted by atomic mass is 9.97. The van der Waals surface area contributed by atoms with Gasteiger partial charge in [-0.15, -0.1) is 0 Å². The first-order chi connectivity index (χ1) is 14.2. The zero-order chi connectivity index (χ0) is 20.5. The predicted octanol–water partition coefficient (Wildman–Crippen LogP) is 6.61. The maximum absolute atomic E-state index is 5.86. The summed E-state index contributed by atoms with van der Waals surface area (Å²) in [4.78, 5) is 4.47. The molecular weight excluding hydrogens is 354 g/mol. The van der Waals surface area contributed by atoms with Crippen LogP contribution in [0.1, 0.15) is 42.0 Å². The van der Waals surface area contributed by atoms with Crippen molar-refractivity contribution in [1.29, 1.82) is 0 Å². The van der Waals surface area contributed by atoms with Crippen LogP contribution in [-0.4, -0.2) is 12.3 Å². The number of hydrogen-bond acceptors (Lipinski definition) is 2. The van der Waals surface area contributed by atoms with Crippen LogP contribution in [0.2, 0.25) is 0 Å². The number of benzene rings is 3. The Morgan fingerprint density at radius 1 is 0.966 bits per heavy atom. The van der Waals surface area contributed by atoms with Crippen LogP contribution in [0.15, 0.2) is 96.5 Å². The van der Waals surface area contributed by atoms with E-state index >= 15 is 0 Å². The topological polar surface area (TPSA) is 21.6 Å². The monoisotopic (exact) mass is 383 g/mol. The predicted molar refractivity (Wildman–Crippen MR) is 123 cm³/mol. The first kappa shape index (κ1) is 20.6. The van der Waals surface area contributed by atoms with Gasteiger partial charge in [0.1, 0.15) is 12.4 Å². The Morgan fingerprint density at radius 3 is 2.28 bits per heavy atom. The number of fused-ring (bicyclic) bond motifs is 1. The average Bonchev–Trinajstić information content (AvgIpc) is 2.78. The van der Waals surface area contributed by atoms with Gasteiger partial charge in [-0.1, -0.05) is 81.1 Å². The van der Waals surface area contributed by atoms with Gasteiger partial charge in [-0.25, -0.2) is 0 Å². The van der Waals surface area contributed by atoms with Crippen LogP contribution in [0.25, 0.3) is 0 Å². The van der Waals surface area contributed by atoms with Crippen molar-refractivity contribution in [2.45, 2.75) is 32.8 Å². The van der Waals surface area contributed by atoms with E-state index < -0.39 is 0 Å². The van der Waals surface area contributed by atoms with E-state index in [-0.39, 0.29) is 0 Å². The molecule has 1 aliphatic rings. The molecule has 0 spiro atoms. The molecule has 29 heavy (non-hydrogen) atoms. The summed E-state index contributed by atoms with van der Waals surface area (Å²) in [6.45, 7) is 9.66. The second kappa shape index (κ2) is 10.4. The molecule has 2 nitrogen and oxygen atoms in total. The molecular formula is C27H29NO. The Morgan fingerprint density at radius 2 is 1.66 bits per heavy atom. The van der Waals surface area contributed by atoms with Crippen LogP contribution in [-0.2, 0) is 13.0 Å². The fourth-order valence-electron chi connectivity index (χ4n) is 3.25. The van der Waals surface area contributed by atoms with E-state index in [4.69, 9.17) is 4.74 Å². The van der Waals surface area contributed by atoms with Gasteiger partial charge in [0.05, 0.1) is 5.71 Å². The second-order valence-electron chi connectivity index (χ2n) is 7.38.